The Balaban J connectivity index is 1.51. The van der Waals surface area contributed by atoms with Gasteiger partial charge in [-0.2, -0.15) is 0 Å². The number of fused-ring (bicyclic) bond motifs is 3. The molecular formula is C30H31ClFN3O6. The third-order valence-corrected chi connectivity index (χ3v) is 7.58. The van der Waals surface area contributed by atoms with Gasteiger partial charge in [0.2, 0.25) is 5.91 Å². The number of pyridine rings is 1. The number of ether oxygens (including phenoxy) is 3. The molecule has 11 heteroatoms. The van der Waals surface area contributed by atoms with E-state index in [-0.39, 0.29) is 42.0 Å². The van der Waals surface area contributed by atoms with E-state index in [2.05, 4.69) is 5.32 Å². The average Bonchev–Trinajstić information content (AvgIpc) is 2.93. The van der Waals surface area contributed by atoms with Crippen LogP contribution in [-0.4, -0.2) is 48.4 Å². The van der Waals surface area contributed by atoms with Crippen LogP contribution in [0.3, 0.4) is 0 Å². The van der Waals surface area contributed by atoms with E-state index in [9.17, 15) is 18.8 Å². The molecule has 2 amide bonds. The first-order valence-corrected chi connectivity index (χ1v) is 13.8. The van der Waals surface area contributed by atoms with Crippen LogP contribution in [-0.2, 0) is 32.0 Å². The van der Waals surface area contributed by atoms with Crippen molar-refractivity contribution in [3.8, 4) is 11.1 Å². The van der Waals surface area contributed by atoms with Gasteiger partial charge in [0, 0.05) is 28.5 Å². The van der Waals surface area contributed by atoms with Crippen LogP contribution in [0.5, 0.6) is 0 Å². The number of hydrogen-bond donors (Lipinski definition) is 2. The van der Waals surface area contributed by atoms with Crippen LogP contribution in [0.15, 0.2) is 53.5 Å². The summed E-state index contributed by atoms with van der Waals surface area (Å²) in [6.45, 7) is 3.54. The van der Waals surface area contributed by atoms with Crippen molar-refractivity contribution in [2.24, 2.45) is 5.73 Å². The van der Waals surface area contributed by atoms with Crippen molar-refractivity contribution in [1.82, 2.24) is 4.57 Å². The monoisotopic (exact) mass is 583 g/mol. The summed E-state index contributed by atoms with van der Waals surface area (Å²) < 4.78 is 33.1. The quantitative estimate of drug-likeness (QED) is 0.429. The molecule has 0 unspecified atom stereocenters. The maximum absolute atomic E-state index is 14.4. The maximum Gasteiger partial charge on any atom is 0.251 e. The fourth-order valence-electron chi connectivity index (χ4n) is 5.24. The van der Waals surface area contributed by atoms with E-state index in [4.69, 9.17) is 31.5 Å². The Bertz CT molecular complexity index is 1520. The first-order valence-electron chi connectivity index (χ1n) is 13.4. The number of rotatable bonds is 7. The minimum Gasteiger partial charge on any atom is -0.376 e. The highest BCUT2D eigenvalue weighted by Crippen LogP contribution is 2.33. The molecule has 2 aliphatic rings. The van der Waals surface area contributed by atoms with Gasteiger partial charge in [0.25, 0.3) is 11.5 Å². The van der Waals surface area contributed by atoms with E-state index in [0.717, 1.165) is 22.8 Å². The van der Waals surface area contributed by atoms with Crippen molar-refractivity contribution in [3.05, 3.63) is 86.5 Å². The second kappa shape index (κ2) is 12.5. The first-order chi connectivity index (χ1) is 19.7. The molecule has 0 aliphatic carbocycles. The number of anilines is 1. The predicted octanol–water partition coefficient (Wildman–Crippen LogP) is 4.24. The Morgan fingerprint density at radius 3 is 2.66 bits per heavy atom. The number of hydrogen-bond acceptors (Lipinski definition) is 6. The molecule has 3 aromatic rings. The molecule has 0 radical (unpaired) electrons. The highest BCUT2D eigenvalue weighted by atomic mass is 35.5. The van der Waals surface area contributed by atoms with Crippen molar-refractivity contribution in [2.75, 3.05) is 25.1 Å². The Labute approximate surface area is 241 Å². The zero-order valence-electron chi connectivity index (χ0n) is 22.5. The lowest BCUT2D eigenvalue weighted by Crippen LogP contribution is -2.36. The van der Waals surface area contributed by atoms with Gasteiger partial charge in [-0.05, 0) is 73.2 Å². The molecule has 5 rings (SSSR count). The summed E-state index contributed by atoms with van der Waals surface area (Å²) in [5, 5.41) is 3.23. The lowest BCUT2D eigenvalue weighted by molar-refractivity contribution is -0.120. The SMILES string of the molecule is C[C@@H]1Cc2ccc(Cl)cc2-c2cc(=O)n([C@@H](CC[C@@H]3COCCO3)C(=O)Nc3ccc(C(N)=O)c(F)c3)cc2CO1. The van der Waals surface area contributed by atoms with E-state index < -0.39 is 23.7 Å². The van der Waals surface area contributed by atoms with Gasteiger partial charge in [-0.15, -0.1) is 0 Å². The van der Waals surface area contributed by atoms with Gasteiger partial charge in [-0.25, -0.2) is 4.39 Å². The zero-order chi connectivity index (χ0) is 29.1. The number of benzene rings is 2. The van der Waals surface area contributed by atoms with E-state index in [0.29, 0.717) is 43.2 Å². The molecule has 1 fully saturated rings. The van der Waals surface area contributed by atoms with Crippen LogP contribution >= 0.6 is 11.6 Å². The lowest BCUT2D eigenvalue weighted by Gasteiger charge is -2.27. The van der Waals surface area contributed by atoms with Crippen LogP contribution in [0.1, 0.15) is 47.3 Å². The molecular weight excluding hydrogens is 553 g/mol. The second-order valence-electron chi connectivity index (χ2n) is 10.3. The fraction of sp³-hybridized carbons (Fsp3) is 0.367. The third-order valence-electron chi connectivity index (χ3n) is 7.34. The van der Waals surface area contributed by atoms with Gasteiger partial charge in [0.05, 0.1) is 44.2 Å². The number of primary amides is 1. The smallest absolute Gasteiger partial charge is 0.251 e. The predicted molar refractivity (Wildman–Crippen MR) is 151 cm³/mol. The van der Waals surface area contributed by atoms with Crippen molar-refractivity contribution >= 4 is 29.1 Å². The topological polar surface area (TPSA) is 122 Å². The van der Waals surface area contributed by atoms with E-state index in [1.165, 1.54) is 22.8 Å². The summed E-state index contributed by atoms with van der Waals surface area (Å²) in [6.07, 6.45) is 2.70. The molecule has 2 aromatic carbocycles. The standard InChI is InChI=1S/C30H31ClFN3O6/c1-17-10-18-2-3-20(31)11-24(18)25-13-28(36)35(14-19(25)15-41-17)27(7-5-22-16-39-8-9-40-22)30(38)34-21-4-6-23(29(33)37)26(32)12-21/h2-4,6,11-14,17,22,27H,5,7-10,15-16H2,1H3,(H2,33,37)(H,34,38)/t17-,22-,27+/m1/s1. The van der Waals surface area contributed by atoms with E-state index in [1.54, 1.807) is 6.20 Å². The molecule has 2 aliphatic heterocycles. The van der Waals surface area contributed by atoms with Crippen molar-refractivity contribution in [2.45, 2.75) is 51.0 Å². The van der Waals surface area contributed by atoms with Crippen LogP contribution in [0.2, 0.25) is 5.02 Å². The minimum atomic E-state index is -0.959. The molecule has 3 N–H and O–H groups in total. The molecule has 1 saturated heterocycles. The molecule has 0 saturated carbocycles. The Morgan fingerprint density at radius 1 is 1.12 bits per heavy atom. The van der Waals surface area contributed by atoms with Crippen molar-refractivity contribution in [1.29, 1.82) is 0 Å². The fourth-order valence-corrected chi connectivity index (χ4v) is 5.41. The molecule has 0 spiro atoms. The van der Waals surface area contributed by atoms with Gasteiger partial charge >= 0.3 is 0 Å². The summed E-state index contributed by atoms with van der Waals surface area (Å²) in [7, 11) is 0. The Morgan fingerprint density at radius 2 is 1.93 bits per heavy atom. The highest BCUT2D eigenvalue weighted by Gasteiger charge is 2.27. The molecule has 0 bridgehead atoms. The molecule has 3 atom stereocenters. The third kappa shape index (κ3) is 6.68. The first kappa shape index (κ1) is 28.9. The number of carbonyl (C=O) groups excluding carboxylic acids is 2. The molecule has 9 nitrogen and oxygen atoms in total. The average molecular weight is 584 g/mol. The zero-order valence-corrected chi connectivity index (χ0v) is 23.3. The normalized spacial score (nSPS) is 19.3. The number of amides is 2. The molecule has 3 heterocycles. The largest absolute Gasteiger partial charge is 0.376 e. The summed E-state index contributed by atoms with van der Waals surface area (Å²) in [6, 6.07) is 9.74. The van der Waals surface area contributed by atoms with Crippen molar-refractivity contribution < 1.29 is 28.2 Å². The van der Waals surface area contributed by atoms with Gasteiger partial charge in [0.15, 0.2) is 0 Å². The Kier molecular flexibility index (Phi) is 8.84. The number of halogens is 2. The second-order valence-corrected chi connectivity index (χ2v) is 10.7. The number of nitrogens with two attached hydrogens (primary N) is 1. The maximum atomic E-state index is 14.4. The van der Waals surface area contributed by atoms with Crippen LogP contribution in [0.4, 0.5) is 10.1 Å². The number of carbonyl (C=O) groups is 2. The van der Waals surface area contributed by atoms with Gasteiger partial charge in [0.1, 0.15) is 11.9 Å². The molecule has 41 heavy (non-hydrogen) atoms. The van der Waals surface area contributed by atoms with E-state index >= 15 is 0 Å². The van der Waals surface area contributed by atoms with Gasteiger partial charge in [-0.3, -0.25) is 14.4 Å². The van der Waals surface area contributed by atoms with Crippen LogP contribution < -0.4 is 16.6 Å². The number of aromatic nitrogens is 1. The van der Waals surface area contributed by atoms with Crippen molar-refractivity contribution in [3.63, 3.8) is 0 Å². The molecule has 1 aromatic heterocycles. The lowest BCUT2D eigenvalue weighted by atomic mass is 9.92. The van der Waals surface area contributed by atoms with Crippen LogP contribution in [0.25, 0.3) is 11.1 Å². The van der Waals surface area contributed by atoms with Gasteiger partial charge < -0.3 is 29.8 Å². The number of nitrogens with one attached hydrogen (secondary N) is 1. The Hall–Kier alpha value is -3.57. The minimum absolute atomic E-state index is 0.0794. The number of nitrogens with zero attached hydrogens (tertiary/aromatic N) is 1. The molecule has 216 valence electrons. The summed E-state index contributed by atoms with van der Waals surface area (Å²) in [5.74, 6) is -2.31. The van der Waals surface area contributed by atoms with Crippen LogP contribution in [0, 0.1) is 5.82 Å². The van der Waals surface area contributed by atoms with Gasteiger partial charge in [-0.1, -0.05) is 17.7 Å². The summed E-state index contributed by atoms with van der Waals surface area (Å²) in [4.78, 5) is 38.7. The van der Waals surface area contributed by atoms with E-state index in [1.807, 2.05) is 25.1 Å². The summed E-state index contributed by atoms with van der Waals surface area (Å²) in [5.41, 5.74) is 7.92. The summed E-state index contributed by atoms with van der Waals surface area (Å²) >= 11 is 6.33. The highest BCUT2D eigenvalue weighted by molar-refractivity contribution is 6.30.